The van der Waals surface area contributed by atoms with Crippen LogP contribution in [0.1, 0.15) is 300 Å². The number of hydrogen-bond donors (Lipinski definition) is 1. The fourth-order valence-corrected chi connectivity index (χ4v) is 19.1. The molecule has 1 N–H and O–H groups in total. The number of allylic oxidation sites excluding steroid dienone is 3. The summed E-state index contributed by atoms with van der Waals surface area (Å²) in [6.45, 7) is 47.0. The lowest BCUT2D eigenvalue weighted by Crippen LogP contribution is -2.19. The molecule has 0 saturated carbocycles. The predicted octanol–water partition coefficient (Wildman–Crippen LogP) is 37.3. The highest BCUT2D eigenvalue weighted by molar-refractivity contribution is 7.84. The van der Waals surface area contributed by atoms with Crippen LogP contribution in [-0.4, -0.2) is 57.2 Å². The molecule has 3 aliphatic rings. The second-order valence-electron chi connectivity index (χ2n) is 41.5. The van der Waals surface area contributed by atoms with Gasteiger partial charge in [-0.25, -0.2) is 0 Å². The van der Waals surface area contributed by atoms with Gasteiger partial charge in [0.1, 0.15) is 11.5 Å². The van der Waals surface area contributed by atoms with E-state index in [1.165, 1.54) is 124 Å². The van der Waals surface area contributed by atoms with Gasteiger partial charge in [-0.1, -0.05) is 448 Å². The largest absolute Gasteiger partial charge is 0.457 e. The van der Waals surface area contributed by atoms with Gasteiger partial charge in [0.05, 0.1) is 23.1 Å². The van der Waals surface area contributed by atoms with Crippen LogP contribution >= 0.6 is 11.3 Å². The van der Waals surface area contributed by atoms with Crippen LogP contribution in [0.2, 0.25) is 0 Å². The molecule has 768 valence electrons. The van der Waals surface area contributed by atoms with Crippen LogP contribution in [0.5, 0.6) is 11.5 Å². The smallest absolute Gasteiger partial charge is 0.262 e. The van der Waals surface area contributed by atoms with Gasteiger partial charge in [-0.05, 0) is 257 Å². The van der Waals surface area contributed by atoms with Crippen molar-refractivity contribution in [1.82, 2.24) is 9.55 Å². The van der Waals surface area contributed by atoms with E-state index in [-0.39, 0.29) is 23.6 Å². The Labute approximate surface area is 895 Å². The lowest BCUT2D eigenvalue weighted by Gasteiger charge is -2.26. The number of ketones is 2. The van der Waals surface area contributed by atoms with Crippen LogP contribution in [0, 0.1) is 17.8 Å². The van der Waals surface area contributed by atoms with Crippen molar-refractivity contribution in [3.63, 3.8) is 0 Å². The fourth-order valence-electron chi connectivity index (χ4n) is 17.9. The second kappa shape index (κ2) is 56.8. The molecule has 0 fully saturated rings. The first-order chi connectivity index (χ1) is 71.8. The molecule has 3 aromatic heterocycles. The number of thiophene rings is 1. The van der Waals surface area contributed by atoms with E-state index in [0.29, 0.717) is 58.8 Å². The maximum absolute atomic E-state index is 12.7. The van der Waals surface area contributed by atoms with Crippen molar-refractivity contribution in [2.75, 3.05) is 30.9 Å². The Morgan fingerprint density at radius 2 is 0.899 bits per heavy atom. The monoisotopic (exact) mass is 2010 g/mol. The van der Waals surface area contributed by atoms with E-state index in [4.69, 9.17) is 9.47 Å². The summed E-state index contributed by atoms with van der Waals surface area (Å²) in [6, 6.07) is 127. The van der Waals surface area contributed by atoms with Crippen LogP contribution in [0.3, 0.4) is 0 Å². The Bertz CT molecular complexity index is 7140. The summed E-state index contributed by atoms with van der Waals surface area (Å²) >= 11 is 1.49. The minimum atomic E-state index is -0.922. The summed E-state index contributed by atoms with van der Waals surface area (Å²) in [4.78, 5) is 44.4. The molecule has 9 nitrogen and oxygen atoms in total. The summed E-state index contributed by atoms with van der Waals surface area (Å²) in [6.07, 6.45) is 15.1. The van der Waals surface area contributed by atoms with Crippen LogP contribution < -0.4 is 9.64 Å². The number of nitrogens with zero attached hydrogens (tertiary/aromatic N) is 2. The molecule has 0 bridgehead atoms. The molecule has 0 amide bonds. The number of ether oxygens (including phenoxy) is 2. The fraction of sp³-hybridized carbons (Fsp3) is 0.268. The normalized spacial score (nSPS) is 13.1. The molecule has 2 aliphatic heterocycles. The second-order valence-corrected chi connectivity index (χ2v) is 43.9. The summed E-state index contributed by atoms with van der Waals surface area (Å²) in [5.41, 5.74) is 29.0. The molecule has 5 heterocycles. The zero-order valence-corrected chi connectivity index (χ0v) is 92.9. The number of H-pyrrole nitrogens is 1. The molecule has 149 heavy (non-hydrogen) atoms. The van der Waals surface area contributed by atoms with Gasteiger partial charge < -0.3 is 19.4 Å². The summed E-state index contributed by atoms with van der Waals surface area (Å²) < 4.78 is 24.9. The van der Waals surface area contributed by atoms with Crippen molar-refractivity contribution in [1.29, 1.82) is 0 Å². The van der Waals surface area contributed by atoms with E-state index < -0.39 is 10.8 Å². The molecule has 11 heteroatoms. The first-order valence-corrected chi connectivity index (χ1v) is 55.5. The van der Waals surface area contributed by atoms with Crippen molar-refractivity contribution in [2.24, 2.45) is 17.8 Å². The van der Waals surface area contributed by atoms with E-state index in [9.17, 15) is 18.6 Å². The average Bonchev–Trinajstić information content (AvgIpc) is 1.64. The van der Waals surface area contributed by atoms with Gasteiger partial charge in [0.15, 0.2) is 5.78 Å². The number of anilines is 1. The number of carbonyl (C=O) groups excluding carboxylic acids is 3. The van der Waals surface area contributed by atoms with E-state index in [1.54, 1.807) is 10.8 Å². The first kappa shape index (κ1) is 114. The maximum Gasteiger partial charge on any atom is 0.262 e. The molecule has 17 aromatic rings. The van der Waals surface area contributed by atoms with Gasteiger partial charge in [0, 0.05) is 91.2 Å². The molecule has 1 aliphatic carbocycles. The average molecular weight is 2010 g/mol. The van der Waals surface area contributed by atoms with E-state index in [1.807, 2.05) is 218 Å². The molecular weight excluding hydrogens is 1860 g/mol. The standard InChI is InChI=1S/C20H20OS.C18H17NO.C16H16O.C15H16O.C15H16.C14H17NO.C14H14OS.C13H17N.C13H20/c1-14(2)20-13-16(18-6-4-5-7-19(18)20)12-15-8-10-17(11-9-15)22(3)21;1-13(2)16-12-19(17-11-7-6-10-15(16)17)18(20)14-8-4-3-5-9-14;1-12(2)14-9-6-10-15(11-14)16(17)13-7-4-3-5-8-13;1-12(2)13-7-6-10-15(11-13)16-14-8-4-3-5-9-14;1-12(2)13-8-10-15(11-9-13)14-6-4-3-5-7-14;1-9(2)14-13-11(7-8-16-14)10-5-3-4-6-12(10)15-13;1-10(2)11-5-7-12(8-6-11)14(15)13-4-3-9-16-13;1-11(2)12-5-7-13(8-6-12)14-9-3-4-10-14;1-10(2)9-12-5-7-13(8-6-12)11(3)4/h4-14H,1-3H3;3-13H,1-2H3;3-12H,1-2H3;3-12H,1-2H3;3-12H,1-2H3;3-6,9,14-15H,7-8H2,1-2H3;3-10H,1-2H3;3-8,11H,9-10H2,1-2H3;5-8,10-11H,9H2,1-4H3/b16-12-;;;;;;;;. The van der Waals surface area contributed by atoms with E-state index in [0.717, 1.165) is 86.5 Å². The third-order valence-corrected chi connectivity index (χ3v) is 28.5. The van der Waals surface area contributed by atoms with Gasteiger partial charge in [0.25, 0.3) is 5.91 Å². The van der Waals surface area contributed by atoms with Crippen molar-refractivity contribution in [2.45, 2.75) is 204 Å². The predicted molar refractivity (Wildman–Crippen MR) is 636 cm³/mol. The number of hydrogen-bond acceptors (Lipinski definition) is 8. The zero-order valence-electron chi connectivity index (χ0n) is 91.3. The molecule has 2 unspecified atom stereocenters. The maximum atomic E-state index is 12.7. The Kier molecular flexibility index (Phi) is 43.3. The number of para-hydroxylation sites is 3. The van der Waals surface area contributed by atoms with Gasteiger partial charge >= 0.3 is 0 Å². The van der Waals surface area contributed by atoms with Gasteiger partial charge in [-0.3, -0.25) is 23.2 Å². The number of aromatic nitrogens is 2. The lowest BCUT2D eigenvalue weighted by atomic mass is 9.96. The number of nitrogens with one attached hydrogen (secondary N) is 1. The van der Waals surface area contributed by atoms with Crippen molar-refractivity contribution >= 4 is 84.3 Å². The molecule has 2 atom stereocenters. The molecule has 0 spiro atoms. The highest BCUT2D eigenvalue weighted by Gasteiger charge is 2.28. The number of carbonyl (C=O) groups is 3. The van der Waals surface area contributed by atoms with Crippen LogP contribution in [0.4, 0.5) is 5.69 Å². The minimum absolute atomic E-state index is 0.0219. The highest BCUT2D eigenvalue weighted by atomic mass is 32.2. The van der Waals surface area contributed by atoms with Gasteiger partial charge in [-0.15, -0.1) is 11.3 Å². The Morgan fingerprint density at radius 3 is 1.44 bits per heavy atom. The minimum Gasteiger partial charge on any atom is -0.457 e. The number of fused-ring (bicyclic) bond motifs is 5. The van der Waals surface area contributed by atoms with Crippen LogP contribution in [0.15, 0.2) is 411 Å². The number of aromatic amines is 1. The lowest BCUT2D eigenvalue weighted by molar-refractivity contribution is 0.00916. The van der Waals surface area contributed by atoms with Crippen LogP contribution in [-0.2, 0) is 28.4 Å². The Morgan fingerprint density at radius 1 is 0.423 bits per heavy atom. The van der Waals surface area contributed by atoms with Crippen molar-refractivity contribution in [3.05, 3.63) is 506 Å². The summed E-state index contributed by atoms with van der Waals surface area (Å²) in [5.74, 6) is 7.54. The third kappa shape index (κ3) is 33.1. The molecule has 0 saturated heterocycles. The van der Waals surface area contributed by atoms with Gasteiger partial charge in [-0.2, -0.15) is 0 Å². The SMILES string of the molecule is CC(C)C1=C/C(=C/c2ccc(S(C)=O)cc2)c2ccccc21.CC(C)C1OCCc2c1[nH]c1ccccc21.CC(C)Cc1ccc(C(C)C)cc1.CC(C)c1ccc(-c2ccccc2)cc1.CC(C)c1ccc(C(=O)c2cccs2)cc1.CC(C)c1ccc(N2CC=CC2)cc1.CC(C)c1cccc(C(=O)c2ccccc2)c1.CC(C)c1cccc(Oc2ccccc2)c1.CC(C)c1cn(C(=O)c2ccccc2)c2ccccc12. The molecule has 0 radical (unpaired) electrons. The van der Waals surface area contributed by atoms with Crippen molar-refractivity contribution < 1.29 is 28.1 Å². The van der Waals surface area contributed by atoms with Gasteiger partial charge in [0.2, 0.25) is 5.78 Å². The van der Waals surface area contributed by atoms with E-state index in [2.05, 4.69) is 343 Å². The number of rotatable bonds is 22. The van der Waals surface area contributed by atoms with Crippen molar-refractivity contribution in [3.8, 4) is 22.6 Å². The molecule has 14 aromatic carbocycles. The quantitative estimate of drug-likeness (QED) is 0.0531. The van der Waals surface area contributed by atoms with Crippen LogP contribution in [0.25, 0.3) is 50.2 Å². The summed E-state index contributed by atoms with van der Waals surface area (Å²) in [5, 5.41) is 4.45. The number of benzene rings is 14. The molecular formula is C138H153N3O6S2. The zero-order chi connectivity index (χ0) is 107. The third-order valence-electron chi connectivity index (χ3n) is 26.7. The topological polar surface area (TPSA) is 111 Å². The van der Waals surface area contributed by atoms with E-state index >= 15 is 0 Å². The molecule has 20 rings (SSSR count). The Balaban J connectivity index is 0.000000149. The first-order valence-electron chi connectivity index (χ1n) is 53.1. The summed E-state index contributed by atoms with van der Waals surface area (Å²) in [7, 11) is -0.922. The highest BCUT2D eigenvalue weighted by Crippen LogP contribution is 2.42. The Hall–Kier alpha value is -14.2.